The summed E-state index contributed by atoms with van der Waals surface area (Å²) >= 11 is 0. The molecule has 0 aliphatic carbocycles. The zero-order valence-corrected chi connectivity index (χ0v) is 10.7. The van der Waals surface area contributed by atoms with Crippen LogP contribution in [-0.4, -0.2) is 9.97 Å². The highest BCUT2D eigenvalue weighted by atomic mass is 14.8. The van der Waals surface area contributed by atoms with Crippen LogP contribution in [0, 0.1) is 5.92 Å². The highest BCUT2D eigenvalue weighted by molar-refractivity contribution is 5.14. The topological polar surface area (TPSA) is 25.8 Å². The van der Waals surface area contributed by atoms with Gasteiger partial charge in [0.15, 0.2) is 0 Å². The summed E-state index contributed by atoms with van der Waals surface area (Å²) in [6, 6.07) is 0. The Morgan fingerprint density at radius 2 is 1.67 bits per heavy atom. The van der Waals surface area contributed by atoms with Gasteiger partial charge in [0.05, 0.1) is 11.4 Å². The quantitative estimate of drug-likeness (QED) is 0.739. The molecule has 84 valence electrons. The zero-order valence-electron chi connectivity index (χ0n) is 10.7. The molecule has 1 heterocycles. The lowest BCUT2D eigenvalue weighted by atomic mass is 9.91. The molecule has 0 aliphatic heterocycles. The van der Waals surface area contributed by atoms with Gasteiger partial charge in [-0.15, -0.1) is 0 Å². The van der Waals surface area contributed by atoms with Crippen LogP contribution in [0.1, 0.15) is 58.8 Å². The molecule has 0 saturated carbocycles. The fraction of sp³-hybridized carbons (Fsp3) is 0.692. The van der Waals surface area contributed by atoms with E-state index in [1.807, 2.05) is 12.4 Å². The number of hydrogen-bond donors (Lipinski definition) is 0. The minimum absolute atomic E-state index is 0.0830. The van der Waals surface area contributed by atoms with Gasteiger partial charge in [0.2, 0.25) is 0 Å². The molecule has 0 bridgehead atoms. The average Bonchev–Trinajstić information content (AvgIpc) is 2.15. The molecular formula is C13H22N2. The highest BCUT2D eigenvalue weighted by Gasteiger charge is 2.18. The Labute approximate surface area is 93.2 Å². The molecule has 1 aromatic heterocycles. The van der Waals surface area contributed by atoms with Crippen LogP contribution in [0.4, 0.5) is 0 Å². The van der Waals surface area contributed by atoms with Gasteiger partial charge in [-0.25, -0.2) is 0 Å². The molecule has 1 atom stereocenters. The molecule has 0 aromatic carbocycles. The third kappa shape index (κ3) is 3.01. The summed E-state index contributed by atoms with van der Waals surface area (Å²) in [6.07, 6.45) is 3.76. The Morgan fingerprint density at radius 3 is 2.13 bits per heavy atom. The van der Waals surface area contributed by atoms with E-state index < -0.39 is 0 Å². The van der Waals surface area contributed by atoms with Crippen LogP contribution in [0.25, 0.3) is 0 Å². The summed E-state index contributed by atoms with van der Waals surface area (Å²) in [7, 11) is 0. The van der Waals surface area contributed by atoms with Crippen molar-refractivity contribution < 1.29 is 0 Å². The highest BCUT2D eigenvalue weighted by Crippen LogP contribution is 2.24. The van der Waals surface area contributed by atoms with E-state index in [-0.39, 0.29) is 5.41 Å². The van der Waals surface area contributed by atoms with E-state index in [1.165, 1.54) is 0 Å². The third-order valence-corrected chi connectivity index (χ3v) is 2.89. The van der Waals surface area contributed by atoms with Crippen LogP contribution in [0.15, 0.2) is 12.4 Å². The minimum Gasteiger partial charge on any atom is -0.261 e. The molecule has 0 saturated heterocycles. The van der Waals surface area contributed by atoms with Gasteiger partial charge < -0.3 is 0 Å². The lowest BCUT2D eigenvalue weighted by molar-refractivity contribution is 0.506. The summed E-state index contributed by atoms with van der Waals surface area (Å²) < 4.78 is 0. The maximum absolute atomic E-state index is 4.70. The first-order valence-electron chi connectivity index (χ1n) is 5.65. The van der Waals surface area contributed by atoms with Crippen molar-refractivity contribution in [1.29, 1.82) is 0 Å². The SMILES string of the molecule is CC(C)C(C)c1cncc(C(C)(C)C)n1. The Bertz CT molecular complexity index is 324. The fourth-order valence-corrected chi connectivity index (χ4v) is 1.30. The zero-order chi connectivity index (χ0) is 11.6. The van der Waals surface area contributed by atoms with Crippen LogP contribution in [-0.2, 0) is 5.41 Å². The molecule has 0 aliphatic rings. The van der Waals surface area contributed by atoms with E-state index in [0.717, 1.165) is 11.4 Å². The third-order valence-electron chi connectivity index (χ3n) is 2.89. The Morgan fingerprint density at radius 1 is 1.07 bits per heavy atom. The van der Waals surface area contributed by atoms with Crippen molar-refractivity contribution in [2.75, 3.05) is 0 Å². The normalized spacial score (nSPS) is 14.3. The van der Waals surface area contributed by atoms with E-state index in [4.69, 9.17) is 4.98 Å². The second-order valence-electron chi connectivity index (χ2n) is 5.61. The lowest BCUT2D eigenvalue weighted by Gasteiger charge is -2.20. The van der Waals surface area contributed by atoms with Gasteiger partial charge in [0.1, 0.15) is 0 Å². The average molecular weight is 206 g/mol. The Balaban J connectivity index is 3.03. The fourth-order valence-electron chi connectivity index (χ4n) is 1.30. The van der Waals surface area contributed by atoms with Gasteiger partial charge in [-0.1, -0.05) is 41.5 Å². The number of rotatable bonds is 2. The van der Waals surface area contributed by atoms with E-state index >= 15 is 0 Å². The first kappa shape index (κ1) is 12.2. The van der Waals surface area contributed by atoms with Crippen molar-refractivity contribution in [3.05, 3.63) is 23.8 Å². The van der Waals surface area contributed by atoms with Crippen LogP contribution in [0.3, 0.4) is 0 Å². The van der Waals surface area contributed by atoms with Crippen LogP contribution >= 0.6 is 0 Å². The van der Waals surface area contributed by atoms with Gasteiger partial charge in [-0.2, -0.15) is 0 Å². The number of aromatic nitrogens is 2. The molecule has 0 spiro atoms. The Kier molecular flexibility index (Phi) is 3.48. The van der Waals surface area contributed by atoms with Crippen molar-refractivity contribution in [3.63, 3.8) is 0 Å². The molecule has 15 heavy (non-hydrogen) atoms. The monoisotopic (exact) mass is 206 g/mol. The predicted molar refractivity (Wildman–Crippen MR) is 64.0 cm³/mol. The minimum atomic E-state index is 0.0830. The van der Waals surface area contributed by atoms with E-state index in [2.05, 4.69) is 46.5 Å². The first-order valence-corrected chi connectivity index (χ1v) is 5.65. The van der Waals surface area contributed by atoms with E-state index in [1.54, 1.807) is 0 Å². The first-order chi connectivity index (χ1) is 6.82. The van der Waals surface area contributed by atoms with Crippen LogP contribution < -0.4 is 0 Å². The summed E-state index contributed by atoms with van der Waals surface area (Å²) in [4.78, 5) is 8.99. The lowest BCUT2D eigenvalue weighted by Crippen LogP contribution is -2.16. The standard InChI is InChI=1S/C13H22N2/c1-9(2)10(3)11-7-14-8-12(15-11)13(4,5)6/h7-10H,1-6H3. The number of nitrogens with zero attached hydrogens (tertiary/aromatic N) is 2. The van der Waals surface area contributed by atoms with Crippen LogP contribution in [0.5, 0.6) is 0 Å². The van der Waals surface area contributed by atoms with Crippen molar-refractivity contribution in [1.82, 2.24) is 9.97 Å². The van der Waals surface area contributed by atoms with Gasteiger partial charge >= 0.3 is 0 Å². The summed E-state index contributed by atoms with van der Waals surface area (Å²) in [5.41, 5.74) is 2.27. The Hall–Kier alpha value is -0.920. The molecule has 1 rings (SSSR count). The van der Waals surface area contributed by atoms with E-state index in [9.17, 15) is 0 Å². The molecule has 0 amide bonds. The molecule has 1 unspecified atom stereocenters. The second kappa shape index (κ2) is 4.30. The van der Waals surface area contributed by atoms with Crippen LogP contribution in [0.2, 0.25) is 0 Å². The molecule has 2 nitrogen and oxygen atoms in total. The van der Waals surface area contributed by atoms with Gasteiger partial charge in [-0.05, 0) is 5.92 Å². The maximum atomic E-state index is 4.70. The maximum Gasteiger partial charge on any atom is 0.0643 e. The molecule has 0 N–H and O–H groups in total. The van der Waals surface area contributed by atoms with Crippen molar-refractivity contribution in [2.24, 2.45) is 5.92 Å². The van der Waals surface area contributed by atoms with Gasteiger partial charge in [-0.3, -0.25) is 9.97 Å². The predicted octanol–water partition coefficient (Wildman–Crippen LogP) is 3.53. The molecule has 2 heteroatoms. The second-order valence-corrected chi connectivity index (χ2v) is 5.61. The summed E-state index contributed by atoms with van der Waals surface area (Å²) in [5.74, 6) is 1.08. The smallest absolute Gasteiger partial charge is 0.0643 e. The van der Waals surface area contributed by atoms with E-state index in [0.29, 0.717) is 11.8 Å². The summed E-state index contributed by atoms with van der Waals surface area (Å²) in [5, 5.41) is 0. The molecule has 0 radical (unpaired) electrons. The van der Waals surface area contributed by atoms with Gasteiger partial charge in [0.25, 0.3) is 0 Å². The van der Waals surface area contributed by atoms with Crippen molar-refractivity contribution >= 4 is 0 Å². The molecular weight excluding hydrogens is 184 g/mol. The molecule has 0 fully saturated rings. The number of hydrogen-bond acceptors (Lipinski definition) is 2. The van der Waals surface area contributed by atoms with Crippen molar-refractivity contribution in [2.45, 2.75) is 52.9 Å². The summed E-state index contributed by atoms with van der Waals surface area (Å²) in [6.45, 7) is 13.1. The molecule has 1 aromatic rings. The van der Waals surface area contributed by atoms with Crippen molar-refractivity contribution in [3.8, 4) is 0 Å². The van der Waals surface area contributed by atoms with Gasteiger partial charge in [0, 0.05) is 23.7 Å². The largest absolute Gasteiger partial charge is 0.261 e.